The third-order valence-corrected chi connectivity index (χ3v) is 6.23. The number of aromatic nitrogens is 2. The second-order valence-corrected chi connectivity index (χ2v) is 8.13. The molecule has 5 rings (SSSR count). The molecule has 0 saturated carbocycles. The van der Waals surface area contributed by atoms with Crippen molar-refractivity contribution < 1.29 is 0 Å². The van der Waals surface area contributed by atoms with Crippen LogP contribution in [0.5, 0.6) is 0 Å². The largest absolute Gasteiger partial charge is 0.355 e. The average Bonchev–Trinajstić information content (AvgIpc) is 3.15. The van der Waals surface area contributed by atoms with Crippen molar-refractivity contribution in [3.63, 3.8) is 0 Å². The molecular formula is C25H25N5. The molecule has 0 aliphatic carbocycles. The van der Waals surface area contributed by atoms with Gasteiger partial charge in [-0.05, 0) is 37.2 Å². The summed E-state index contributed by atoms with van der Waals surface area (Å²) in [5.41, 5.74) is 6.95. The summed E-state index contributed by atoms with van der Waals surface area (Å²) in [6, 6.07) is 21.2. The van der Waals surface area contributed by atoms with Crippen LogP contribution in [0.4, 0.5) is 5.82 Å². The number of rotatable bonds is 3. The fraction of sp³-hybridized carbons (Fsp3) is 0.280. The Labute approximate surface area is 176 Å². The van der Waals surface area contributed by atoms with E-state index in [-0.39, 0.29) is 0 Å². The number of nitriles is 1. The maximum Gasteiger partial charge on any atom is 0.157 e. The van der Waals surface area contributed by atoms with Crippen molar-refractivity contribution in [2.75, 3.05) is 38.1 Å². The number of hydrogen-bond donors (Lipinski definition) is 0. The lowest BCUT2D eigenvalue weighted by atomic mass is 9.97. The van der Waals surface area contributed by atoms with Crippen LogP contribution in [0, 0.1) is 18.3 Å². The smallest absolute Gasteiger partial charge is 0.157 e. The number of fused-ring (bicyclic) bond motifs is 3. The fourth-order valence-electron chi connectivity index (χ4n) is 4.53. The van der Waals surface area contributed by atoms with Gasteiger partial charge in [-0.25, -0.2) is 4.98 Å². The highest BCUT2D eigenvalue weighted by Crippen LogP contribution is 2.35. The molecule has 0 amide bonds. The van der Waals surface area contributed by atoms with Crippen LogP contribution in [0.3, 0.4) is 0 Å². The summed E-state index contributed by atoms with van der Waals surface area (Å²) in [5, 5.41) is 10.0. The van der Waals surface area contributed by atoms with E-state index in [0.717, 1.165) is 54.8 Å². The molecular weight excluding hydrogens is 370 g/mol. The molecule has 1 aliphatic rings. The Morgan fingerprint density at radius 3 is 2.40 bits per heavy atom. The SMILES string of the molecule is Cc1c(Cc2ccccc2)c(N2CCN(C)CC2)n2c(nc3ccccc32)c1C#N. The molecule has 4 aromatic rings. The lowest BCUT2D eigenvalue weighted by Gasteiger charge is -2.36. The molecule has 3 heterocycles. The molecule has 0 atom stereocenters. The topological polar surface area (TPSA) is 47.6 Å². The first-order valence-corrected chi connectivity index (χ1v) is 10.5. The number of para-hydroxylation sites is 2. The minimum atomic E-state index is 0.676. The van der Waals surface area contributed by atoms with Gasteiger partial charge in [0.15, 0.2) is 5.65 Å². The van der Waals surface area contributed by atoms with Crippen LogP contribution in [-0.4, -0.2) is 47.5 Å². The molecule has 2 aromatic heterocycles. The zero-order valence-corrected chi connectivity index (χ0v) is 17.5. The van der Waals surface area contributed by atoms with Crippen molar-refractivity contribution >= 4 is 22.5 Å². The lowest BCUT2D eigenvalue weighted by molar-refractivity contribution is 0.311. The third kappa shape index (κ3) is 3.01. The first-order chi connectivity index (χ1) is 14.7. The van der Waals surface area contributed by atoms with Crippen molar-refractivity contribution in [3.05, 3.63) is 76.9 Å². The fourth-order valence-corrected chi connectivity index (χ4v) is 4.53. The second-order valence-electron chi connectivity index (χ2n) is 8.13. The summed E-state index contributed by atoms with van der Waals surface area (Å²) in [4.78, 5) is 9.72. The van der Waals surface area contributed by atoms with Crippen LogP contribution in [0.1, 0.15) is 22.3 Å². The van der Waals surface area contributed by atoms with Crippen LogP contribution in [-0.2, 0) is 6.42 Å². The number of pyridine rings is 1. The summed E-state index contributed by atoms with van der Waals surface area (Å²) < 4.78 is 2.23. The molecule has 0 radical (unpaired) electrons. The Balaban J connectivity index is 1.84. The number of benzene rings is 2. The molecule has 150 valence electrons. The van der Waals surface area contributed by atoms with Crippen molar-refractivity contribution in [1.82, 2.24) is 14.3 Å². The van der Waals surface area contributed by atoms with E-state index < -0.39 is 0 Å². The van der Waals surface area contributed by atoms with Crippen molar-refractivity contribution in [2.45, 2.75) is 13.3 Å². The molecule has 30 heavy (non-hydrogen) atoms. The van der Waals surface area contributed by atoms with Crippen molar-refractivity contribution in [3.8, 4) is 6.07 Å². The minimum absolute atomic E-state index is 0.676. The standard InChI is InChI=1S/C25H25N5/c1-18-20(16-19-8-4-3-5-9-19)25(29-14-12-28(2)13-15-29)30-23-11-7-6-10-22(23)27-24(30)21(18)17-26/h3-11H,12-16H2,1-2H3. The molecule has 0 N–H and O–H groups in total. The van der Waals surface area contributed by atoms with Gasteiger partial charge >= 0.3 is 0 Å². The predicted molar refractivity (Wildman–Crippen MR) is 121 cm³/mol. The van der Waals surface area contributed by atoms with Crippen molar-refractivity contribution in [1.29, 1.82) is 5.26 Å². The van der Waals surface area contributed by atoms with Crippen LogP contribution in [0.2, 0.25) is 0 Å². The van der Waals surface area contributed by atoms with Gasteiger partial charge in [0.05, 0.1) is 16.6 Å². The molecule has 5 heteroatoms. The van der Waals surface area contributed by atoms with E-state index in [1.165, 1.54) is 16.9 Å². The molecule has 5 nitrogen and oxygen atoms in total. The average molecular weight is 396 g/mol. The number of hydrogen-bond acceptors (Lipinski definition) is 4. The molecule has 1 aliphatic heterocycles. The zero-order valence-electron chi connectivity index (χ0n) is 17.5. The van der Waals surface area contributed by atoms with Gasteiger partial charge in [0.25, 0.3) is 0 Å². The third-order valence-electron chi connectivity index (χ3n) is 6.23. The molecule has 1 saturated heterocycles. The Morgan fingerprint density at radius 1 is 0.967 bits per heavy atom. The van der Waals surface area contributed by atoms with E-state index in [1.54, 1.807) is 0 Å². The van der Waals surface area contributed by atoms with Crippen LogP contribution in [0.15, 0.2) is 54.6 Å². The monoisotopic (exact) mass is 395 g/mol. The quantitative estimate of drug-likeness (QED) is 0.526. The van der Waals surface area contributed by atoms with Crippen LogP contribution >= 0.6 is 0 Å². The normalized spacial score (nSPS) is 15.0. The summed E-state index contributed by atoms with van der Waals surface area (Å²) in [6.07, 6.45) is 0.797. The number of likely N-dealkylation sites (N-methyl/N-ethyl adjacent to an activating group) is 1. The number of imidazole rings is 1. The molecule has 2 aromatic carbocycles. The summed E-state index contributed by atoms with van der Waals surface area (Å²) >= 11 is 0. The van der Waals surface area contributed by atoms with Gasteiger partial charge in [0, 0.05) is 38.2 Å². The van der Waals surface area contributed by atoms with Gasteiger partial charge in [-0.2, -0.15) is 5.26 Å². The van der Waals surface area contributed by atoms with Crippen LogP contribution in [0.25, 0.3) is 16.7 Å². The molecule has 0 spiro atoms. The first kappa shape index (κ1) is 18.7. The molecule has 0 unspecified atom stereocenters. The highest BCUT2D eigenvalue weighted by atomic mass is 15.3. The van der Waals surface area contributed by atoms with Gasteiger partial charge in [-0.15, -0.1) is 0 Å². The van der Waals surface area contributed by atoms with E-state index in [4.69, 9.17) is 4.98 Å². The van der Waals surface area contributed by atoms with Gasteiger partial charge < -0.3 is 9.80 Å². The summed E-state index contributed by atoms with van der Waals surface area (Å²) in [7, 11) is 2.18. The minimum Gasteiger partial charge on any atom is -0.355 e. The van der Waals surface area contributed by atoms with Crippen molar-refractivity contribution in [2.24, 2.45) is 0 Å². The predicted octanol–water partition coefficient (Wildman–Crippen LogP) is 4.01. The summed E-state index contributed by atoms with van der Waals surface area (Å²) in [6.45, 7) is 6.06. The lowest BCUT2D eigenvalue weighted by Crippen LogP contribution is -2.45. The van der Waals surface area contributed by atoms with E-state index >= 15 is 0 Å². The maximum absolute atomic E-state index is 10.0. The van der Waals surface area contributed by atoms with Gasteiger partial charge in [-0.3, -0.25) is 4.40 Å². The Morgan fingerprint density at radius 2 is 1.67 bits per heavy atom. The first-order valence-electron chi connectivity index (χ1n) is 10.5. The zero-order chi connectivity index (χ0) is 20.7. The van der Waals surface area contributed by atoms with Gasteiger partial charge in [0.2, 0.25) is 0 Å². The molecule has 0 bridgehead atoms. The van der Waals surface area contributed by atoms with E-state index in [1.807, 2.05) is 24.3 Å². The Hall–Kier alpha value is -3.36. The number of piperazine rings is 1. The van der Waals surface area contributed by atoms with Gasteiger partial charge in [-0.1, -0.05) is 42.5 Å². The van der Waals surface area contributed by atoms with Crippen LogP contribution < -0.4 is 4.90 Å². The second kappa shape index (κ2) is 7.47. The Kier molecular flexibility index (Phi) is 4.65. The molecule has 1 fully saturated rings. The van der Waals surface area contributed by atoms with E-state index in [2.05, 4.69) is 64.6 Å². The number of anilines is 1. The highest BCUT2D eigenvalue weighted by Gasteiger charge is 2.26. The maximum atomic E-state index is 10.0. The van der Waals surface area contributed by atoms with E-state index in [9.17, 15) is 5.26 Å². The Bertz CT molecular complexity index is 1260. The summed E-state index contributed by atoms with van der Waals surface area (Å²) in [5.74, 6) is 1.19. The highest BCUT2D eigenvalue weighted by molar-refractivity contribution is 5.86. The number of nitrogens with zero attached hydrogens (tertiary/aromatic N) is 5. The van der Waals surface area contributed by atoms with E-state index in [0.29, 0.717) is 5.56 Å². The van der Waals surface area contributed by atoms with Gasteiger partial charge in [0.1, 0.15) is 11.9 Å².